The summed E-state index contributed by atoms with van der Waals surface area (Å²) in [6.07, 6.45) is 0. The molecule has 53 heavy (non-hydrogen) atoms. The Balaban J connectivity index is 1.27. The summed E-state index contributed by atoms with van der Waals surface area (Å²) in [6.45, 7) is 0. The van der Waals surface area contributed by atoms with E-state index in [1.165, 1.54) is 82.0 Å². The average Bonchev–Trinajstić information content (AvgIpc) is 3.61. The van der Waals surface area contributed by atoms with E-state index in [9.17, 15) is 0 Å². The zero-order valence-corrected chi connectivity index (χ0v) is 28.9. The Kier molecular flexibility index (Phi) is 6.62. The molecule has 0 unspecified atom stereocenters. The van der Waals surface area contributed by atoms with Crippen molar-refractivity contribution in [2.45, 2.75) is 0 Å². The Morgan fingerprint density at radius 1 is 0.264 bits per heavy atom. The maximum absolute atomic E-state index is 6.71. The van der Waals surface area contributed by atoms with Crippen LogP contribution in [0.3, 0.4) is 0 Å². The van der Waals surface area contributed by atoms with Crippen LogP contribution in [-0.2, 0) is 0 Å². The molecule has 0 aliphatic carbocycles. The summed E-state index contributed by atoms with van der Waals surface area (Å²) >= 11 is 0. The molecule has 0 radical (unpaired) electrons. The molecule has 1 heteroatoms. The van der Waals surface area contributed by atoms with Crippen molar-refractivity contribution in [3.63, 3.8) is 0 Å². The molecule has 0 spiro atoms. The first-order chi connectivity index (χ1) is 26.3. The lowest BCUT2D eigenvalue weighted by atomic mass is 9.82. The zero-order chi connectivity index (χ0) is 34.9. The SMILES string of the molecule is c1ccc(-c2c3ccccc3c(-c3cc(-c4cccc5ccccc45)cc4oc5ccccc5c34)c3ccccc23)c(-c2cccc3ccccc23)c1. The highest BCUT2D eigenvalue weighted by molar-refractivity contribution is 6.27. The van der Waals surface area contributed by atoms with Crippen LogP contribution in [0.25, 0.3) is 110 Å². The normalized spacial score (nSPS) is 11.8. The maximum Gasteiger partial charge on any atom is 0.136 e. The minimum Gasteiger partial charge on any atom is -0.456 e. The first-order valence-electron chi connectivity index (χ1n) is 18.3. The molecule has 1 aromatic heterocycles. The third-order valence-electron chi connectivity index (χ3n) is 11.1. The van der Waals surface area contributed by atoms with E-state index >= 15 is 0 Å². The van der Waals surface area contributed by atoms with Gasteiger partial charge in [0.2, 0.25) is 0 Å². The number of hydrogen-bond donors (Lipinski definition) is 0. The van der Waals surface area contributed by atoms with E-state index in [1.54, 1.807) is 0 Å². The van der Waals surface area contributed by atoms with Crippen LogP contribution in [0.2, 0.25) is 0 Å². The Hall–Kier alpha value is -6.96. The van der Waals surface area contributed by atoms with E-state index in [2.05, 4.69) is 194 Å². The fourth-order valence-corrected chi connectivity index (χ4v) is 8.79. The third kappa shape index (κ3) is 4.58. The van der Waals surface area contributed by atoms with Crippen LogP contribution >= 0.6 is 0 Å². The van der Waals surface area contributed by atoms with Gasteiger partial charge in [0.1, 0.15) is 11.2 Å². The molecular weight excluding hydrogens is 641 g/mol. The molecule has 0 aliphatic rings. The van der Waals surface area contributed by atoms with Gasteiger partial charge in [0.25, 0.3) is 0 Å². The van der Waals surface area contributed by atoms with Gasteiger partial charge >= 0.3 is 0 Å². The molecule has 10 aromatic carbocycles. The first kappa shape index (κ1) is 29.7. The molecule has 0 amide bonds. The minimum absolute atomic E-state index is 0.894. The fourth-order valence-electron chi connectivity index (χ4n) is 8.79. The predicted octanol–water partition coefficient (Wildman–Crippen LogP) is 14.9. The van der Waals surface area contributed by atoms with Gasteiger partial charge in [-0.2, -0.15) is 0 Å². The van der Waals surface area contributed by atoms with Crippen LogP contribution in [0.1, 0.15) is 0 Å². The first-order valence-corrected chi connectivity index (χ1v) is 18.3. The number of hydrogen-bond acceptors (Lipinski definition) is 1. The zero-order valence-electron chi connectivity index (χ0n) is 28.9. The van der Waals surface area contributed by atoms with E-state index in [-0.39, 0.29) is 0 Å². The number of fused-ring (bicyclic) bond motifs is 7. The van der Waals surface area contributed by atoms with Crippen molar-refractivity contribution in [1.29, 1.82) is 0 Å². The van der Waals surface area contributed by atoms with Crippen molar-refractivity contribution in [3.8, 4) is 44.5 Å². The van der Waals surface area contributed by atoms with E-state index in [0.717, 1.165) is 27.5 Å². The summed E-state index contributed by atoms with van der Waals surface area (Å²) in [5.41, 5.74) is 11.5. The van der Waals surface area contributed by atoms with Crippen LogP contribution in [-0.4, -0.2) is 0 Å². The third-order valence-corrected chi connectivity index (χ3v) is 11.1. The molecule has 0 bridgehead atoms. The van der Waals surface area contributed by atoms with Crippen LogP contribution in [0.4, 0.5) is 0 Å². The van der Waals surface area contributed by atoms with E-state index in [0.29, 0.717) is 0 Å². The summed E-state index contributed by atoms with van der Waals surface area (Å²) in [5.74, 6) is 0. The lowest BCUT2D eigenvalue weighted by Crippen LogP contribution is -1.94. The van der Waals surface area contributed by atoms with Gasteiger partial charge in [-0.3, -0.25) is 0 Å². The minimum atomic E-state index is 0.894. The summed E-state index contributed by atoms with van der Waals surface area (Å²) in [6, 6.07) is 70.5. The molecule has 0 N–H and O–H groups in total. The molecule has 0 atom stereocenters. The van der Waals surface area contributed by atoms with Gasteiger partial charge in [0, 0.05) is 10.8 Å². The van der Waals surface area contributed by atoms with Crippen molar-refractivity contribution in [1.82, 2.24) is 0 Å². The number of rotatable bonds is 4. The number of benzene rings is 10. The average molecular weight is 673 g/mol. The lowest BCUT2D eigenvalue weighted by molar-refractivity contribution is 0.669. The van der Waals surface area contributed by atoms with Gasteiger partial charge in [0.05, 0.1) is 0 Å². The highest BCUT2D eigenvalue weighted by Gasteiger charge is 2.23. The topological polar surface area (TPSA) is 13.1 Å². The molecule has 0 aliphatic heterocycles. The summed E-state index contributed by atoms with van der Waals surface area (Å²) in [7, 11) is 0. The smallest absolute Gasteiger partial charge is 0.136 e. The van der Waals surface area contributed by atoms with Crippen molar-refractivity contribution < 1.29 is 4.42 Å². The van der Waals surface area contributed by atoms with E-state index in [1.807, 2.05) is 0 Å². The Bertz CT molecular complexity index is 3170. The van der Waals surface area contributed by atoms with Crippen molar-refractivity contribution in [2.75, 3.05) is 0 Å². The van der Waals surface area contributed by atoms with E-state index in [4.69, 9.17) is 4.42 Å². The Morgan fingerprint density at radius 2 is 0.698 bits per heavy atom. The molecule has 11 aromatic rings. The second-order valence-electron chi connectivity index (χ2n) is 13.9. The van der Waals surface area contributed by atoms with Crippen molar-refractivity contribution >= 4 is 65.0 Å². The van der Waals surface area contributed by atoms with Gasteiger partial charge < -0.3 is 4.42 Å². The van der Waals surface area contributed by atoms with Gasteiger partial charge in [-0.1, -0.05) is 176 Å². The van der Waals surface area contributed by atoms with Crippen LogP contribution in [0.5, 0.6) is 0 Å². The summed E-state index contributed by atoms with van der Waals surface area (Å²) in [5, 5.41) is 12.1. The highest BCUT2D eigenvalue weighted by atomic mass is 16.3. The largest absolute Gasteiger partial charge is 0.456 e. The Morgan fingerprint density at radius 3 is 1.34 bits per heavy atom. The van der Waals surface area contributed by atoms with Gasteiger partial charge in [-0.15, -0.1) is 0 Å². The summed E-state index contributed by atoms with van der Waals surface area (Å²) in [4.78, 5) is 0. The molecule has 0 fully saturated rings. The van der Waals surface area contributed by atoms with Crippen molar-refractivity contribution in [2.24, 2.45) is 0 Å². The monoisotopic (exact) mass is 672 g/mol. The van der Waals surface area contributed by atoms with Gasteiger partial charge in [-0.05, 0) is 106 Å². The molecular formula is C52H32O. The van der Waals surface area contributed by atoms with Crippen molar-refractivity contribution in [3.05, 3.63) is 194 Å². The Labute approximate surface area is 307 Å². The van der Waals surface area contributed by atoms with E-state index < -0.39 is 0 Å². The number of para-hydroxylation sites is 1. The van der Waals surface area contributed by atoms with Crippen LogP contribution in [0.15, 0.2) is 199 Å². The second-order valence-corrected chi connectivity index (χ2v) is 13.9. The molecule has 246 valence electrons. The molecule has 11 rings (SSSR count). The lowest BCUT2D eigenvalue weighted by Gasteiger charge is -2.21. The predicted molar refractivity (Wildman–Crippen MR) is 225 cm³/mol. The van der Waals surface area contributed by atoms with Gasteiger partial charge in [-0.25, -0.2) is 0 Å². The molecule has 1 heterocycles. The van der Waals surface area contributed by atoms with Gasteiger partial charge in [0.15, 0.2) is 0 Å². The molecule has 0 saturated carbocycles. The molecule has 0 saturated heterocycles. The quantitative estimate of drug-likeness (QED) is 0.170. The van der Waals surface area contributed by atoms with Crippen LogP contribution < -0.4 is 0 Å². The molecule has 1 nitrogen and oxygen atoms in total. The summed E-state index contributed by atoms with van der Waals surface area (Å²) < 4.78 is 6.71. The highest BCUT2D eigenvalue weighted by Crippen LogP contribution is 2.50. The standard InChI is InChI=1S/C52H32O/c1-3-19-36-33(15-1)17-13-28-38(36)35-31-47(52-46-27-11-12-30-48(46)53-49(52)32-35)51-44-25-9-7-23-42(44)50(43-24-8-10-26-45(43)51)41-22-6-5-21-40(41)39-29-14-18-34-16-2-4-20-37(34)39/h1-32H. The fraction of sp³-hybridized carbons (Fsp3) is 0. The van der Waals surface area contributed by atoms with Crippen LogP contribution in [0, 0.1) is 0 Å². The number of furan rings is 1. The maximum atomic E-state index is 6.71. The second kappa shape index (κ2) is 11.8.